The summed E-state index contributed by atoms with van der Waals surface area (Å²) in [7, 11) is 1.74. The predicted octanol–water partition coefficient (Wildman–Crippen LogP) is 3.58. The molecule has 2 heteroatoms. The average molecular weight is 243 g/mol. The normalized spacial score (nSPS) is 10.2. The Hall–Kier alpha value is -0.500. The van der Waals surface area contributed by atoms with E-state index in [2.05, 4.69) is 41.9 Å². The van der Waals surface area contributed by atoms with Crippen LogP contribution >= 0.6 is 15.9 Å². The molecule has 0 atom stereocenters. The van der Waals surface area contributed by atoms with E-state index in [9.17, 15) is 0 Å². The zero-order valence-electron chi connectivity index (χ0n) is 8.36. The molecule has 0 saturated heterocycles. The third kappa shape index (κ3) is 2.25. The molecule has 13 heavy (non-hydrogen) atoms. The summed E-state index contributed by atoms with van der Waals surface area (Å²) in [5, 5.41) is 0. The quantitative estimate of drug-likeness (QED) is 0.788. The van der Waals surface area contributed by atoms with Gasteiger partial charge in [0.1, 0.15) is 5.75 Å². The maximum Gasteiger partial charge on any atom is 0.125 e. The lowest BCUT2D eigenvalue weighted by Crippen LogP contribution is -1.96. The lowest BCUT2D eigenvalue weighted by atomic mass is 10.1. The van der Waals surface area contributed by atoms with Crippen LogP contribution < -0.4 is 4.74 Å². The first kappa shape index (κ1) is 10.6. The molecule has 0 N–H and O–H groups in total. The zero-order valence-corrected chi connectivity index (χ0v) is 9.94. The van der Waals surface area contributed by atoms with Crippen LogP contribution in [0.2, 0.25) is 0 Å². The van der Waals surface area contributed by atoms with Crippen LogP contribution in [0.4, 0.5) is 0 Å². The van der Waals surface area contributed by atoms with E-state index in [1.807, 2.05) is 0 Å². The van der Waals surface area contributed by atoms with E-state index >= 15 is 0 Å². The lowest BCUT2D eigenvalue weighted by Gasteiger charge is -2.12. The van der Waals surface area contributed by atoms with E-state index in [1.54, 1.807) is 7.11 Å². The Morgan fingerprint density at radius 2 is 1.62 bits per heavy atom. The molecule has 0 aromatic heterocycles. The maximum absolute atomic E-state index is 5.39. The van der Waals surface area contributed by atoms with E-state index in [1.165, 1.54) is 11.1 Å². The molecule has 0 aliphatic rings. The SMILES string of the molecule is CCc1cc(Br)cc(CC)c1OC. The molecular formula is C11H15BrO. The summed E-state index contributed by atoms with van der Waals surface area (Å²) in [5.74, 6) is 1.05. The largest absolute Gasteiger partial charge is 0.496 e. The summed E-state index contributed by atoms with van der Waals surface area (Å²) in [6.45, 7) is 4.29. The second-order valence-corrected chi connectivity index (χ2v) is 3.88. The number of hydrogen-bond donors (Lipinski definition) is 0. The molecule has 1 aromatic carbocycles. The number of rotatable bonds is 3. The van der Waals surface area contributed by atoms with Gasteiger partial charge in [-0.3, -0.25) is 0 Å². The molecule has 0 bridgehead atoms. The first-order valence-electron chi connectivity index (χ1n) is 4.58. The van der Waals surface area contributed by atoms with Crippen LogP contribution in [0.5, 0.6) is 5.75 Å². The molecule has 72 valence electrons. The van der Waals surface area contributed by atoms with Crippen molar-refractivity contribution in [1.82, 2.24) is 0 Å². The average Bonchev–Trinajstić information content (AvgIpc) is 2.16. The molecule has 0 heterocycles. The van der Waals surface area contributed by atoms with Crippen molar-refractivity contribution in [3.05, 3.63) is 27.7 Å². The van der Waals surface area contributed by atoms with Gasteiger partial charge >= 0.3 is 0 Å². The van der Waals surface area contributed by atoms with Crippen LogP contribution in [0.3, 0.4) is 0 Å². The van der Waals surface area contributed by atoms with Crippen molar-refractivity contribution in [3.63, 3.8) is 0 Å². The Balaban J connectivity index is 3.25. The molecule has 0 aliphatic carbocycles. The van der Waals surface area contributed by atoms with Crippen molar-refractivity contribution in [1.29, 1.82) is 0 Å². The highest BCUT2D eigenvalue weighted by Crippen LogP contribution is 2.29. The lowest BCUT2D eigenvalue weighted by molar-refractivity contribution is 0.405. The van der Waals surface area contributed by atoms with E-state index in [-0.39, 0.29) is 0 Å². The van der Waals surface area contributed by atoms with Crippen molar-refractivity contribution in [2.45, 2.75) is 26.7 Å². The van der Waals surface area contributed by atoms with Gasteiger partial charge in [0.15, 0.2) is 0 Å². The van der Waals surface area contributed by atoms with Crippen LogP contribution in [0.25, 0.3) is 0 Å². The Labute approximate surface area is 88.2 Å². The molecule has 1 aromatic rings. The first-order chi connectivity index (χ1) is 6.22. The molecule has 0 radical (unpaired) electrons. The molecule has 0 aliphatic heterocycles. The third-order valence-corrected chi connectivity index (χ3v) is 2.63. The highest BCUT2D eigenvalue weighted by atomic mass is 79.9. The number of halogens is 1. The molecule has 1 nitrogen and oxygen atoms in total. The fourth-order valence-electron chi connectivity index (χ4n) is 1.50. The van der Waals surface area contributed by atoms with Crippen molar-refractivity contribution < 1.29 is 4.74 Å². The van der Waals surface area contributed by atoms with Gasteiger partial charge in [0.2, 0.25) is 0 Å². The van der Waals surface area contributed by atoms with Crippen molar-refractivity contribution >= 4 is 15.9 Å². The summed E-state index contributed by atoms with van der Waals surface area (Å²) in [6, 6.07) is 4.25. The third-order valence-electron chi connectivity index (χ3n) is 2.17. The fraction of sp³-hybridized carbons (Fsp3) is 0.455. The predicted molar refractivity (Wildman–Crippen MR) is 59.5 cm³/mol. The topological polar surface area (TPSA) is 9.23 Å². The fourth-order valence-corrected chi connectivity index (χ4v) is 2.05. The van der Waals surface area contributed by atoms with Gasteiger partial charge in [-0.15, -0.1) is 0 Å². The molecule has 0 unspecified atom stereocenters. The van der Waals surface area contributed by atoms with Crippen LogP contribution in [0, 0.1) is 0 Å². The van der Waals surface area contributed by atoms with E-state index in [0.29, 0.717) is 0 Å². The maximum atomic E-state index is 5.39. The summed E-state index contributed by atoms with van der Waals surface area (Å²) in [5.41, 5.74) is 2.54. The number of benzene rings is 1. The van der Waals surface area contributed by atoms with Gasteiger partial charge in [0.25, 0.3) is 0 Å². The van der Waals surface area contributed by atoms with Gasteiger partial charge in [0.05, 0.1) is 7.11 Å². The summed E-state index contributed by atoms with van der Waals surface area (Å²) in [4.78, 5) is 0. The van der Waals surface area contributed by atoms with E-state index in [0.717, 1.165) is 23.1 Å². The number of ether oxygens (including phenoxy) is 1. The highest BCUT2D eigenvalue weighted by Gasteiger charge is 2.07. The van der Waals surface area contributed by atoms with Crippen LogP contribution in [0.15, 0.2) is 16.6 Å². The first-order valence-corrected chi connectivity index (χ1v) is 5.37. The second-order valence-electron chi connectivity index (χ2n) is 2.96. The van der Waals surface area contributed by atoms with Gasteiger partial charge in [-0.1, -0.05) is 29.8 Å². The summed E-state index contributed by atoms with van der Waals surface area (Å²) < 4.78 is 6.53. The van der Waals surface area contributed by atoms with Crippen molar-refractivity contribution in [3.8, 4) is 5.75 Å². The van der Waals surface area contributed by atoms with Crippen LogP contribution in [-0.2, 0) is 12.8 Å². The van der Waals surface area contributed by atoms with E-state index < -0.39 is 0 Å². The Morgan fingerprint density at radius 3 is 1.92 bits per heavy atom. The van der Waals surface area contributed by atoms with Crippen LogP contribution in [-0.4, -0.2) is 7.11 Å². The Kier molecular flexibility index (Phi) is 3.79. The second kappa shape index (κ2) is 4.66. The molecular weight excluding hydrogens is 228 g/mol. The minimum atomic E-state index is 1.01. The number of methoxy groups -OCH3 is 1. The molecule has 0 amide bonds. The van der Waals surface area contributed by atoms with Gasteiger partial charge in [-0.2, -0.15) is 0 Å². The molecule has 0 fully saturated rings. The molecule has 0 saturated carbocycles. The summed E-state index contributed by atoms with van der Waals surface area (Å²) in [6.07, 6.45) is 2.02. The smallest absolute Gasteiger partial charge is 0.125 e. The monoisotopic (exact) mass is 242 g/mol. The number of aryl methyl sites for hydroxylation is 2. The summed E-state index contributed by atoms with van der Waals surface area (Å²) >= 11 is 3.50. The Morgan fingerprint density at radius 1 is 1.15 bits per heavy atom. The number of hydrogen-bond acceptors (Lipinski definition) is 1. The minimum Gasteiger partial charge on any atom is -0.496 e. The van der Waals surface area contributed by atoms with Crippen molar-refractivity contribution in [2.24, 2.45) is 0 Å². The van der Waals surface area contributed by atoms with Gasteiger partial charge in [-0.05, 0) is 36.1 Å². The van der Waals surface area contributed by atoms with Gasteiger partial charge in [0, 0.05) is 4.47 Å². The standard InChI is InChI=1S/C11H15BrO/c1-4-8-6-10(12)7-9(5-2)11(8)13-3/h6-7H,4-5H2,1-3H3. The van der Waals surface area contributed by atoms with Gasteiger partial charge in [-0.25, -0.2) is 0 Å². The zero-order chi connectivity index (χ0) is 9.84. The van der Waals surface area contributed by atoms with Gasteiger partial charge < -0.3 is 4.74 Å². The van der Waals surface area contributed by atoms with Crippen LogP contribution in [0.1, 0.15) is 25.0 Å². The molecule has 0 spiro atoms. The van der Waals surface area contributed by atoms with Crippen molar-refractivity contribution in [2.75, 3.05) is 7.11 Å². The molecule has 1 rings (SSSR count). The van der Waals surface area contributed by atoms with E-state index in [4.69, 9.17) is 4.74 Å². The Bertz CT molecular complexity index is 269. The highest BCUT2D eigenvalue weighted by molar-refractivity contribution is 9.10. The minimum absolute atomic E-state index is 1.01.